The average Bonchev–Trinajstić information content (AvgIpc) is 2.10. The molecule has 71 valence electrons. The molecule has 1 aromatic rings. The first-order valence-electron chi connectivity index (χ1n) is 4.58. The summed E-state index contributed by atoms with van der Waals surface area (Å²) in [5, 5.41) is 9.01. The normalized spacial score (nSPS) is 13.0. The molecule has 0 saturated heterocycles. The molecule has 1 atom stereocenters. The molecular formula is C12H17O. The molecule has 0 amide bonds. The summed E-state index contributed by atoms with van der Waals surface area (Å²) in [5.41, 5.74) is 4.94. The number of aryl methyl sites for hydroxylation is 3. The number of aliphatic hydroxyl groups excluding tert-OH is 1. The Morgan fingerprint density at radius 1 is 1.15 bits per heavy atom. The van der Waals surface area contributed by atoms with Crippen molar-refractivity contribution >= 4 is 0 Å². The van der Waals surface area contributed by atoms with E-state index in [0.717, 1.165) is 5.56 Å². The van der Waals surface area contributed by atoms with E-state index < -0.39 is 0 Å². The van der Waals surface area contributed by atoms with Gasteiger partial charge in [-0.05, 0) is 49.9 Å². The van der Waals surface area contributed by atoms with Crippen molar-refractivity contribution < 1.29 is 5.11 Å². The van der Waals surface area contributed by atoms with E-state index in [2.05, 4.69) is 39.8 Å². The van der Waals surface area contributed by atoms with Crippen LogP contribution in [0.25, 0.3) is 0 Å². The molecule has 0 aliphatic rings. The summed E-state index contributed by atoms with van der Waals surface area (Å²) < 4.78 is 0. The minimum absolute atomic E-state index is 0.000648. The summed E-state index contributed by atoms with van der Waals surface area (Å²) >= 11 is 0. The maximum absolute atomic E-state index is 9.01. The summed E-state index contributed by atoms with van der Waals surface area (Å²) in [6.45, 7) is 10.3. The van der Waals surface area contributed by atoms with Crippen molar-refractivity contribution in [3.63, 3.8) is 0 Å². The van der Waals surface area contributed by atoms with Crippen LogP contribution in [0.5, 0.6) is 0 Å². The quantitative estimate of drug-likeness (QED) is 0.736. The van der Waals surface area contributed by atoms with E-state index in [-0.39, 0.29) is 12.5 Å². The Hall–Kier alpha value is -0.820. The Balaban J connectivity index is 3.15. The first-order valence-corrected chi connectivity index (χ1v) is 4.58. The van der Waals surface area contributed by atoms with Crippen molar-refractivity contribution in [2.24, 2.45) is 0 Å². The van der Waals surface area contributed by atoms with Gasteiger partial charge in [0.05, 0.1) is 0 Å². The number of aliphatic hydroxyl groups is 1. The molecule has 1 radical (unpaired) electrons. The van der Waals surface area contributed by atoms with Gasteiger partial charge in [0, 0.05) is 12.5 Å². The molecule has 1 aromatic carbocycles. The number of rotatable bonds is 2. The van der Waals surface area contributed by atoms with Crippen LogP contribution in [-0.4, -0.2) is 11.7 Å². The average molecular weight is 177 g/mol. The fourth-order valence-electron chi connectivity index (χ4n) is 1.52. The summed E-state index contributed by atoms with van der Waals surface area (Å²) in [6, 6.07) is 4.27. The maximum atomic E-state index is 9.01. The lowest BCUT2D eigenvalue weighted by atomic mass is 9.93. The van der Waals surface area contributed by atoms with Crippen molar-refractivity contribution in [2.45, 2.75) is 26.7 Å². The predicted octanol–water partition coefficient (Wildman–Crippen LogP) is 2.52. The molecule has 0 bridgehead atoms. The topological polar surface area (TPSA) is 20.2 Å². The molecule has 1 N–H and O–H groups in total. The Bertz CT molecular complexity index is 302. The van der Waals surface area contributed by atoms with Gasteiger partial charge in [-0.2, -0.15) is 0 Å². The molecule has 1 unspecified atom stereocenters. The zero-order valence-electron chi connectivity index (χ0n) is 8.59. The standard InChI is InChI=1S/C12H17O/c1-8-5-10(3)12(6-9(8)2)11(4)7-13/h5-6,11,13H,4,7H2,1-3H3. The summed E-state index contributed by atoms with van der Waals surface area (Å²) in [4.78, 5) is 0. The van der Waals surface area contributed by atoms with Crippen LogP contribution in [0.1, 0.15) is 28.2 Å². The Morgan fingerprint density at radius 2 is 1.69 bits per heavy atom. The van der Waals surface area contributed by atoms with E-state index in [0.29, 0.717) is 0 Å². The highest BCUT2D eigenvalue weighted by molar-refractivity contribution is 5.38. The Kier molecular flexibility index (Phi) is 3.10. The van der Waals surface area contributed by atoms with Gasteiger partial charge in [-0.25, -0.2) is 0 Å². The van der Waals surface area contributed by atoms with E-state index in [1.165, 1.54) is 16.7 Å². The van der Waals surface area contributed by atoms with Gasteiger partial charge in [-0.15, -0.1) is 0 Å². The number of benzene rings is 1. The van der Waals surface area contributed by atoms with E-state index in [4.69, 9.17) is 5.11 Å². The zero-order chi connectivity index (χ0) is 10.0. The molecular weight excluding hydrogens is 160 g/mol. The van der Waals surface area contributed by atoms with Crippen LogP contribution in [-0.2, 0) is 0 Å². The van der Waals surface area contributed by atoms with E-state index in [9.17, 15) is 0 Å². The second-order valence-corrected chi connectivity index (χ2v) is 3.67. The second-order valence-electron chi connectivity index (χ2n) is 3.67. The minimum atomic E-state index is -0.000648. The zero-order valence-corrected chi connectivity index (χ0v) is 8.59. The predicted molar refractivity (Wildman–Crippen MR) is 55.8 cm³/mol. The molecule has 0 heterocycles. The van der Waals surface area contributed by atoms with Crippen LogP contribution in [0.3, 0.4) is 0 Å². The van der Waals surface area contributed by atoms with Crippen LogP contribution >= 0.6 is 0 Å². The van der Waals surface area contributed by atoms with Gasteiger partial charge in [0.15, 0.2) is 0 Å². The first kappa shape index (κ1) is 10.3. The van der Waals surface area contributed by atoms with Gasteiger partial charge in [-0.3, -0.25) is 0 Å². The molecule has 1 heteroatoms. The van der Waals surface area contributed by atoms with Crippen molar-refractivity contribution in [3.05, 3.63) is 41.3 Å². The van der Waals surface area contributed by atoms with Gasteiger partial charge in [-0.1, -0.05) is 12.1 Å². The van der Waals surface area contributed by atoms with Crippen LogP contribution in [0.4, 0.5) is 0 Å². The summed E-state index contributed by atoms with van der Waals surface area (Å²) in [5.74, 6) is -0.000648. The van der Waals surface area contributed by atoms with Crippen molar-refractivity contribution in [2.75, 3.05) is 6.61 Å². The lowest BCUT2D eigenvalue weighted by Gasteiger charge is -2.14. The fraction of sp³-hybridized carbons (Fsp3) is 0.417. The molecule has 0 spiro atoms. The van der Waals surface area contributed by atoms with E-state index in [1.54, 1.807) is 0 Å². The molecule has 1 rings (SSSR count). The van der Waals surface area contributed by atoms with Gasteiger partial charge in [0.25, 0.3) is 0 Å². The Morgan fingerprint density at radius 3 is 2.23 bits per heavy atom. The fourth-order valence-corrected chi connectivity index (χ4v) is 1.52. The lowest BCUT2D eigenvalue weighted by molar-refractivity contribution is 0.282. The number of hydrogen-bond acceptors (Lipinski definition) is 1. The maximum Gasteiger partial charge on any atom is 0.0499 e. The monoisotopic (exact) mass is 177 g/mol. The van der Waals surface area contributed by atoms with Crippen LogP contribution in [0, 0.1) is 27.7 Å². The Labute approximate surface area is 80.4 Å². The molecule has 0 aliphatic carbocycles. The molecule has 0 fully saturated rings. The van der Waals surface area contributed by atoms with Crippen molar-refractivity contribution in [1.29, 1.82) is 0 Å². The third-order valence-electron chi connectivity index (χ3n) is 2.54. The summed E-state index contributed by atoms with van der Waals surface area (Å²) in [6.07, 6.45) is 0. The van der Waals surface area contributed by atoms with E-state index in [1.807, 2.05) is 0 Å². The highest BCUT2D eigenvalue weighted by Crippen LogP contribution is 2.22. The molecule has 0 saturated carbocycles. The van der Waals surface area contributed by atoms with Gasteiger partial charge >= 0.3 is 0 Å². The highest BCUT2D eigenvalue weighted by atomic mass is 16.3. The second kappa shape index (κ2) is 3.93. The highest BCUT2D eigenvalue weighted by Gasteiger charge is 2.08. The molecule has 1 nitrogen and oxygen atoms in total. The smallest absolute Gasteiger partial charge is 0.0499 e. The van der Waals surface area contributed by atoms with Gasteiger partial charge in [0.1, 0.15) is 0 Å². The molecule has 0 aliphatic heterocycles. The van der Waals surface area contributed by atoms with Gasteiger partial charge < -0.3 is 5.11 Å². The van der Waals surface area contributed by atoms with Crippen molar-refractivity contribution in [3.8, 4) is 0 Å². The SMILES string of the molecule is [CH2]C(CO)c1cc(C)c(C)cc1C. The van der Waals surface area contributed by atoms with Crippen LogP contribution < -0.4 is 0 Å². The largest absolute Gasteiger partial charge is 0.396 e. The molecule has 13 heavy (non-hydrogen) atoms. The number of hydrogen-bond donors (Lipinski definition) is 1. The van der Waals surface area contributed by atoms with E-state index >= 15 is 0 Å². The van der Waals surface area contributed by atoms with Crippen LogP contribution in [0.15, 0.2) is 12.1 Å². The van der Waals surface area contributed by atoms with Crippen LogP contribution in [0.2, 0.25) is 0 Å². The lowest BCUT2D eigenvalue weighted by Crippen LogP contribution is -2.02. The minimum Gasteiger partial charge on any atom is -0.396 e. The third kappa shape index (κ3) is 2.10. The summed E-state index contributed by atoms with van der Waals surface area (Å²) in [7, 11) is 0. The third-order valence-corrected chi connectivity index (χ3v) is 2.54. The first-order chi connectivity index (χ1) is 6.06. The molecule has 0 aromatic heterocycles. The van der Waals surface area contributed by atoms with Crippen molar-refractivity contribution in [1.82, 2.24) is 0 Å². The van der Waals surface area contributed by atoms with Gasteiger partial charge in [0.2, 0.25) is 0 Å².